The minimum atomic E-state index is -0.393. The first-order valence-electron chi connectivity index (χ1n) is 8.80. The van der Waals surface area contributed by atoms with Gasteiger partial charge in [-0.05, 0) is 25.3 Å². The van der Waals surface area contributed by atoms with Crippen LogP contribution in [0.1, 0.15) is 42.8 Å². The van der Waals surface area contributed by atoms with Gasteiger partial charge in [0.25, 0.3) is 0 Å². The molecule has 0 aliphatic heterocycles. The number of hydrogen-bond acceptors (Lipinski definition) is 5. The molecule has 2 amide bonds. The van der Waals surface area contributed by atoms with Crippen LogP contribution in [0.5, 0.6) is 0 Å². The highest BCUT2D eigenvalue weighted by molar-refractivity contribution is 8.00. The summed E-state index contributed by atoms with van der Waals surface area (Å²) in [7, 11) is 0. The number of thioether (sulfide) groups is 1. The van der Waals surface area contributed by atoms with Crippen molar-refractivity contribution in [2.75, 3.05) is 0 Å². The molecule has 8 heteroatoms. The van der Waals surface area contributed by atoms with E-state index in [1.54, 1.807) is 0 Å². The van der Waals surface area contributed by atoms with Crippen LogP contribution >= 0.6 is 11.8 Å². The molecule has 2 aromatic rings. The molecule has 1 aliphatic rings. The molecule has 0 saturated heterocycles. The number of amides is 2. The SMILES string of the molecule is CCn1c(CCC(N)=O)nnc1S[C@@H](C(=O)NC1CC1)c1ccccc1. The third kappa shape index (κ3) is 4.63. The highest BCUT2D eigenvalue weighted by Crippen LogP contribution is 2.35. The van der Waals surface area contributed by atoms with Gasteiger partial charge in [0.2, 0.25) is 11.8 Å². The highest BCUT2D eigenvalue weighted by Gasteiger charge is 2.30. The number of hydrogen-bond donors (Lipinski definition) is 2. The minimum absolute atomic E-state index is 0.00645. The van der Waals surface area contributed by atoms with Gasteiger partial charge in [0.15, 0.2) is 5.16 Å². The molecule has 1 fully saturated rings. The molecule has 1 atom stereocenters. The van der Waals surface area contributed by atoms with Crippen molar-refractivity contribution in [2.24, 2.45) is 5.73 Å². The summed E-state index contributed by atoms with van der Waals surface area (Å²) in [6, 6.07) is 9.98. The lowest BCUT2D eigenvalue weighted by Crippen LogP contribution is -2.30. The van der Waals surface area contributed by atoms with E-state index in [0.29, 0.717) is 30.0 Å². The fourth-order valence-electron chi connectivity index (χ4n) is 2.65. The summed E-state index contributed by atoms with van der Waals surface area (Å²) in [5.74, 6) is 0.340. The van der Waals surface area contributed by atoms with Crippen LogP contribution < -0.4 is 11.1 Å². The van der Waals surface area contributed by atoms with Crippen LogP contribution in [-0.2, 0) is 22.6 Å². The van der Waals surface area contributed by atoms with Crippen LogP contribution in [0.4, 0.5) is 0 Å². The maximum absolute atomic E-state index is 12.8. The molecule has 1 aromatic heterocycles. The number of nitrogens with two attached hydrogens (primary N) is 1. The zero-order valence-corrected chi connectivity index (χ0v) is 15.5. The van der Waals surface area contributed by atoms with Crippen molar-refractivity contribution in [3.05, 3.63) is 41.7 Å². The van der Waals surface area contributed by atoms with E-state index in [0.717, 1.165) is 18.4 Å². The van der Waals surface area contributed by atoms with Gasteiger partial charge in [-0.1, -0.05) is 42.1 Å². The minimum Gasteiger partial charge on any atom is -0.370 e. The molecule has 3 N–H and O–H groups in total. The molecule has 0 spiro atoms. The summed E-state index contributed by atoms with van der Waals surface area (Å²) >= 11 is 1.39. The molecule has 0 unspecified atom stereocenters. The number of aromatic nitrogens is 3. The number of carbonyl (C=O) groups is 2. The van der Waals surface area contributed by atoms with Crippen LogP contribution in [0, 0.1) is 0 Å². The van der Waals surface area contributed by atoms with E-state index in [9.17, 15) is 9.59 Å². The van der Waals surface area contributed by atoms with Crippen LogP contribution in [0.3, 0.4) is 0 Å². The van der Waals surface area contributed by atoms with E-state index in [1.165, 1.54) is 11.8 Å². The number of benzene rings is 1. The molecule has 3 rings (SSSR count). The van der Waals surface area contributed by atoms with E-state index >= 15 is 0 Å². The summed E-state index contributed by atoms with van der Waals surface area (Å²) in [5.41, 5.74) is 6.16. The molecule has 1 saturated carbocycles. The van der Waals surface area contributed by atoms with E-state index in [1.807, 2.05) is 41.8 Å². The maximum atomic E-state index is 12.8. The molecule has 26 heavy (non-hydrogen) atoms. The smallest absolute Gasteiger partial charge is 0.238 e. The number of primary amides is 1. The summed E-state index contributed by atoms with van der Waals surface area (Å²) in [6.45, 7) is 2.65. The summed E-state index contributed by atoms with van der Waals surface area (Å²) in [6.07, 6.45) is 2.76. The molecule has 138 valence electrons. The second kappa shape index (κ2) is 8.35. The normalized spacial score (nSPS) is 14.8. The largest absolute Gasteiger partial charge is 0.370 e. The molecule has 1 heterocycles. The van der Waals surface area contributed by atoms with Crippen molar-refractivity contribution in [2.45, 2.75) is 55.6 Å². The third-order valence-corrected chi connectivity index (χ3v) is 5.43. The lowest BCUT2D eigenvalue weighted by molar-refractivity contribution is -0.121. The van der Waals surface area contributed by atoms with Crippen molar-refractivity contribution in [3.8, 4) is 0 Å². The molecular weight excluding hydrogens is 350 g/mol. The van der Waals surface area contributed by atoms with E-state index in [4.69, 9.17) is 5.73 Å². The van der Waals surface area contributed by atoms with Crippen LogP contribution in [-0.4, -0.2) is 32.6 Å². The van der Waals surface area contributed by atoms with Crippen molar-refractivity contribution in [1.29, 1.82) is 0 Å². The van der Waals surface area contributed by atoms with Gasteiger partial charge in [0.05, 0.1) is 0 Å². The number of nitrogens with one attached hydrogen (secondary N) is 1. The fraction of sp³-hybridized carbons (Fsp3) is 0.444. The molecule has 7 nitrogen and oxygen atoms in total. The zero-order valence-electron chi connectivity index (χ0n) is 14.7. The van der Waals surface area contributed by atoms with Gasteiger partial charge >= 0.3 is 0 Å². The Morgan fingerprint density at radius 1 is 1.31 bits per heavy atom. The lowest BCUT2D eigenvalue weighted by Gasteiger charge is -2.17. The predicted molar refractivity (Wildman–Crippen MR) is 99.4 cm³/mol. The Labute approximate surface area is 156 Å². The summed E-state index contributed by atoms with van der Waals surface area (Å²) in [5, 5.41) is 11.8. The second-order valence-corrected chi connectivity index (χ2v) is 7.37. The van der Waals surface area contributed by atoms with Crippen LogP contribution in [0.2, 0.25) is 0 Å². The van der Waals surface area contributed by atoms with E-state index in [2.05, 4.69) is 15.5 Å². The van der Waals surface area contributed by atoms with Crippen LogP contribution in [0.25, 0.3) is 0 Å². The second-order valence-electron chi connectivity index (χ2n) is 6.30. The first-order chi connectivity index (χ1) is 12.6. The standard InChI is InChI=1S/C18H23N5O2S/c1-2-23-15(11-10-14(19)24)21-22-18(23)26-16(12-6-4-3-5-7-12)17(25)20-13-8-9-13/h3-7,13,16H,2,8-11H2,1H3,(H2,19,24)(H,20,25)/t16-/m1/s1. The van der Waals surface area contributed by atoms with E-state index in [-0.39, 0.29) is 18.2 Å². The fourth-order valence-corrected chi connectivity index (χ4v) is 3.78. The Balaban J connectivity index is 1.81. The highest BCUT2D eigenvalue weighted by atomic mass is 32.2. The van der Waals surface area contributed by atoms with Gasteiger partial charge in [0, 0.05) is 25.4 Å². The Morgan fingerprint density at radius 3 is 2.65 bits per heavy atom. The first-order valence-corrected chi connectivity index (χ1v) is 9.68. The van der Waals surface area contributed by atoms with Crippen molar-refractivity contribution < 1.29 is 9.59 Å². The third-order valence-electron chi connectivity index (χ3n) is 4.19. The Kier molecular flexibility index (Phi) is 5.92. The number of nitrogens with zero attached hydrogens (tertiary/aromatic N) is 3. The van der Waals surface area contributed by atoms with Gasteiger partial charge in [-0.25, -0.2) is 0 Å². The van der Waals surface area contributed by atoms with Gasteiger partial charge in [-0.3, -0.25) is 9.59 Å². The Bertz CT molecular complexity index is 773. The number of aryl methyl sites for hydroxylation is 1. The van der Waals surface area contributed by atoms with E-state index < -0.39 is 5.25 Å². The van der Waals surface area contributed by atoms with Gasteiger partial charge in [-0.15, -0.1) is 10.2 Å². The lowest BCUT2D eigenvalue weighted by atomic mass is 10.1. The number of rotatable bonds is 9. The van der Waals surface area contributed by atoms with Crippen LogP contribution in [0.15, 0.2) is 35.5 Å². The maximum Gasteiger partial charge on any atom is 0.238 e. The molecule has 1 aliphatic carbocycles. The summed E-state index contributed by atoms with van der Waals surface area (Å²) < 4.78 is 1.94. The van der Waals surface area contributed by atoms with Crippen molar-refractivity contribution >= 4 is 23.6 Å². The van der Waals surface area contributed by atoms with Gasteiger partial charge in [-0.2, -0.15) is 0 Å². The Hall–Kier alpha value is -2.35. The molecule has 0 bridgehead atoms. The van der Waals surface area contributed by atoms with Crippen molar-refractivity contribution in [1.82, 2.24) is 20.1 Å². The average Bonchev–Trinajstić information content (AvgIpc) is 3.36. The molecule has 0 radical (unpaired) electrons. The molecular formula is C18H23N5O2S. The topological polar surface area (TPSA) is 103 Å². The quantitative estimate of drug-likeness (QED) is 0.653. The predicted octanol–water partition coefficient (Wildman–Crippen LogP) is 1.83. The molecule has 1 aromatic carbocycles. The number of carbonyl (C=O) groups excluding carboxylic acids is 2. The summed E-state index contributed by atoms with van der Waals surface area (Å²) in [4.78, 5) is 23.8. The van der Waals surface area contributed by atoms with Crippen molar-refractivity contribution in [3.63, 3.8) is 0 Å². The first kappa shape index (κ1) is 18.4. The van der Waals surface area contributed by atoms with Gasteiger partial charge in [0.1, 0.15) is 11.1 Å². The zero-order chi connectivity index (χ0) is 18.5. The Morgan fingerprint density at radius 2 is 2.04 bits per heavy atom. The monoisotopic (exact) mass is 373 g/mol. The van der Waals surface area contributed by atoms with Gasteiger partial charge < -0.3 is 15.6 Å². The average molecular weight is 373 g/mol.